The van der Waals surface area contributed by atoms with Crippen LogP contribution < -0.4 is 14.8 Å². The van der Waals surface area contributed by atoms with Gasteiger partial charge in [0.25, 0.3) is 5.91 Å². The monoisotopic (exact) mass is 343 g/mol. The van der Waals surface area contributed by atoms with Crippen LogP contribution in [0.5, 0.6) is 11.5 Å². The second-order valence-corrected chi connectivity index (χ2v) is 5.12. The van der Waals surface area contributed by atoms with Crippen LogP contribution in [0.25, 0.3) is 0 Å². The van der Waals surface area contributed by atoms with E-state index in [4.69, 9.17) is 14.2 Å². The van der Waals surface area contributed by atoms with E-state index in [1.165, 1.54) is 0 Å². The number of carbonyl (C=O) groups excluding carboxylic acids is 2. The summed E-state index contributed by atoms with van der Waals surface area (Å²) in [5.74, 6) is 0.420. The van der Waals surface area contributed by atoms with E-state index in [2.05, 4.69) is 5.32 Å². The average Bonchev–Trinajstić information content (AvgIpc) is 2.65. The van der Waals surface area contributed by atoms with E-state index in [9.17, 15) is 9.59 Å². The number of rotatable bonds is 8. The Kier molecular flexibility index (Phi) is 6.83. The van der Waals surface area contributed by atoms with Crippen molar-refractivity contribution in [1.82, 2.24) is 5.32 Å². The van der Waals surface area contributed by atoms with Gasteiger partial charge in [-0.2, -0.15) is 0 Å². The van der Waals surface area contributed by atoms with Gasteiger partial charge in [0, 0.05) is 12.1 Å². The van der Waals surface area contributed by atoms with E-state index in [0.29, 0.717) is 30.2 Å². The van der Waals surface area contributed by atoms with Crippen molar-refractivity contribution in [2.24, 2.45) is 0 Å². The van der Waals surface area contributed by atoms with E-state index < -0.39 is 5.97 Å². The van der Waals surface area contributed by atoms with E-state index in [-0.39, 0.29) is 12.5 Å². The fraction of sp³-hybridized carbons (Fsp3) is 0.263. The van der Waals surface area contributed by atoms with Crippen LogP contribution in [0.1, 0.15) is 22.8 Å². The van der Waals surface area contributed by atoms with Gasteiger partial charge in [-0.25, -0.2) is 4.79 Å². The smallest absolute Gasteiger partial charge is 0.338 e. The Morgan fingerprint density at radius 3 is 2.44 bits per heavy atom. The third-order valence-electron chi connectivity index (χ3n) is 3.40. The summed E-state index contributed by atoms with van der Waals surface area (Å²) in [5.41, 5.74) is 1.21. The molecular weight excluding hydrogens is 322 g/mol. The summed E-state index contributed by atoms with van der Waals surface area (Å²) in [6.07, 6.45) is 0. The van der Waals surface area contributed by atoms with Crippen LogP contribution in [0.3, 0.4) is 0 Å². The van der Waals surface area contributed by atoms with Crippen LogP contribution in [0.4, 0.5) is 0 Å². The summed E-state index contributed by atoms with van der Waals surface area (Å²) in [7, 11) is 1.57. The number of benzene rings is 2. The normalized spacial score (nSPS) is 10.0. The Morgan fingerprint density at radius 2 is 1.76 bits per heavy atom. The number of ether oxygens (including phenoxy) is 3. The molecule has 0 heterocycles. The van der Waals surface area contributed by atoms with Gasteiger partial charge in [-0.15, -0.1) is 0 Å². The highest BCUT2D eigenvalue weighted by atomic mass is 16.5. The first-order valence-electron chi connectivity index (χ1n) is 7.92. The molecule has 0 unspecified atom stereocenters. The molecule has 132 valence electrons. The van der Waals surface area contributed by atoms with Crippen LogP contribution in [-0.4, -0.2) is 32.2 Å². The molecule has 0 aliphatic heterocycles. The van der Waals surface area contributed by atoms with Crippen LogP contribution >= 0.6 is 0 Å². The Hall–Kier alpha value is -3.02. The SMILES string of the molecule is CCOc1ccc(C(=O)OCC(=O)NCc2ccccc2OC)cc1. The van der Waals surface area contributed by atoms with Crippen molar-refractivity contribution in [3.63, 3.8) is 0 Å². The minimum absolute atomic E-state index is 0.295. The molecule has 0 atom stereocenters. The number of hydrogen-bond acceptors (Lipinski definition) is 5. The topological polar surface area (TPSA) is 73.9 Å². The van der Waals surface area contributed by atoms with Gasteiger partial charge in [0.1, 0.15) is 11.5 Å². The lowest BCUT2D eigenvalue weighted by atomic mass is 10.2. The Bertz CT molecular complexity index is 712. The number of esters is 1. The van der Waals surface area contributed by atoms with Gasteiger partial charge in [0.15, 0.2) is 6.61 Å². The molecule has 1 N–H and O–H groups in total. The molecular formula is C19H21NO5. The number of amides is 1. The molecule has 0 spiro atoms. The lowest BCUT2D eigenvalue weighted by molar-refractivity contribution is -0.124. The van der Waals surface area contributed by atoms with Crippen molar-refractivity contribution in [2.75, 3.05) is 20.3 Å². The standard InChI is InChI=1S/C19H21NO5/c1-3-24-16-10-8-14(9-11-16)19(22)25-13-18(21)20-12-15-6-4-5-7-17(15)23-2/h4-11H,3,12-13H2,1-2H3,(H,20,21). The summed E-state index contributed by atoms with van der Waals surface area (Å²) in [4.78, 5) is 23.8. The third-order valence-corrected chi connectivity index (χ3v) is 3.40. The number of nitrogens with one attached hydrogen (secondary N) is 1. The first-order valence-corrected chi connectivity index (χ1v) is 7.92. The lowest BCUT2D eigenvalue weighted by Gasteiger charge is -2.10. The maximum atomic E-state index is 11.9. The molecule has 0 radical (unpaired) electrons. The fourth-order valence-corrected chi connectivity index (χ4v) is 2.16. The molecule has 0 aromatic heterocycles. The van der Waals surface area contributed by atoms with Gasteiger partial charge in [-0.05, 0) is 37.3 Å². The molecule has 0 saturated carbocycles. The summed E-state index contributed by atoms with van der Waals surface area (Å²) in [6.45, 7) is 2.38. The third kappa shape index (κ3) is 5.53. The lowest BCUT2D eigenvalue weighted by Crippen LogP contribution is -2.28. The molecule has 1 amide bonds. The molecule has 0 aliphatic rings. The highest BCUT2D eigenvalue weighted by Gasteiger charge is 2.11. The summed E-state index contributed by atoms with van der Waals surface area (Å²) >= 11 is 0. The van der Waals surface area contributed by atoms with Gasteiger partial charge in [0.05, 0.1) is 19.3 Å². The molecule has 6 nitrogen and oxygen atoms in total. The van der Waals surface area contributed by atoms with Crippen LogP contribution in [0.2, 0.25) is 0 Å². The summed E-state index contributed by atoms with van der Waals surface area (Å²) < 4.78 is 15.5. The van der Waals surface area contributed by atoms with Crippen molar-refractivity contribution >= 4 is 11.9 Å². The molecule has 2 aromatic carbocycles. The van der Waals surface area contributed by atoms with E-state index in [1.807, 2.05) is 31.2 Å². The first-order chi connectivity index (χ1) is 12.1. The molecule has 2 aromatic rings. The van der Waals surface area contributed by atoms with Crippen molar-refractivity contribution in [3.8, 4) is 11.5 Å². The number of carbonyl (C=O) groups is 2. The zero-order chi connectivity index (χ0) is 18.1. The minimum Gasteiger partial charge on any atom is -0.496 e. The molecule has 25 heavy (non-hydrogen) atoms. The van der Waals surface area contributed by atoms with Crippen LogP contribution in [-0.2, 0) is 16.1 Å². The van der Waals surface area contributed by atoms with Gasteiger partial charge in [-0.3, -0.25) is 4.79 Å². The Morgan fingerprint density at radius 1 is 1.04 bits per heavy atom. The van der Waals surface area contributed by atoms with Crippen LogP contribution in [0, 0.1) is 0 Å². The predicted octanol–water partition coefficient (Wildman–Crippen LogP) is 2.57. The first kappa shape index (κ1) is 18.3. The molecule has 0 aliphatic carbocycles. The van der Waals surface area contributed by atoms with E-state index in [1.54, 1.807) is 31.4 Å². The highest BCUT2D eigenvalue weighted by Crippen LogP contribution is 2.16. The minimum atomic E-state index is -0.560. The van der Waals surface area contributed by atoms with E-state index in [0.717, 1.165) is 5.56 Å². The maximum Gasteiger partial charge on any atom is 0.338 e. The van der Waals surface area contributed by atoms with Crippen molar-refractivity contribution in [3.05, 3.63) is 59.7 Å². The largest absolute Gasteiger partial charge is 0.496 e. The molecule has 0 saturated heterocycles. The second kappa shape index (κ2) is 9.32. The quantitative estimate of drug-likeness (QED) is 0.746. The van der Waals surface area contributed by atoms with Gasteiger partial charge < -0.3 is 19.5 Å². The van der Waals surface area contributed by atoms with E-state index >= 15 is 0 Å². The zero-order valence-corrected chi connectivity index (χ0v) is 14.3. The number of methoxy groups -OCH3 is 1. The number of para-hydroxylation sites is 1. The highest BCUT2D eigenvalue weighted by molar-refractivity contribution is 5.91. The maximum absolute atomic E-state index is 11.9. The van der Waals surface area contributed by atoms with Gasteiger partial charge in [0.2, 0.25) is 0 Å². The number of hydrogen-bond donors (Lipinski definition) is 1. The summed E-state index contributed by atoms with van der Waals surface area (Å²) in [6, 6.07) is 13.9. The van der Waals surface area contributed by atoms with Crippen molar-refractivity contribution in [1.29, 1.82) is 0 Å². The van der Waals surface area contributed by atoms with Crippen molar-refractivity contribution in [2.45, 2.75) is 13.5 Å². The van der Waals surface area contributed by atoms with Crippen LogP contribution in [0.15, 0.2) is 48.5 Å². The second-order valence-electron chi connectivity index (χ2n) is 5.12. The molecule has 2 rings (SSSR count). The predicted molar refractivity (Wildman–Crippen MR) is 92.7 cm³/mol. The fourth-order valence-electron chi connectivity index (χ4n) is 2.16. The molecule has 6 heteroatoms. The Labute approximate surface area is 146 Å². The molecule has 0 bridgehead atoms. The van der Waals surface area contributed by atoms with Gasteiger partial charge in [-0.1, -0.05) is 18.2 Å². The van der Waals surface area contributed by atoms with Gasteiger partial charge >= 0.3 is 5.97 Å². The summed E-state index contributed by atoms with van der Waals surface area (Å²) in [5, 5.41) is 2.69. The Balaban J connectivity index is 1.80. The average molecular weight is 343 g/mol. The van der Waals surface area contributed by atoms with Crippen molar-refractivity contribution < 1.29 is 23.8 Å². The zero-order valence-electron chi connectivity index (χ0n) is 14.3. The molecule has 0 fully saturated rings.